The van der Waals surface area contributed by atoms with E-state index in [1.807, 2.05) is 13.8 Å². The van der Waals surface area contributed by atoms with Crippen molar-refractivity contribution in [2.24, 2.45) is 10.9 Å². The molecule has 0 bridgehead atoms. The van der Waals surface area contributed by atoms with Gasteiger partial charge in [0.25, 0.3) is 0 Å². The van der Waals surface area contributed by atoms with Crippen molar-refractivity contribution in [3.05, 3.63) is 0 Å². The number of hydrogen-bond donors (Lipinski definition) is 1. The van der Waals surface area contributed by atoms with Gasteiger partial charge in [0.05, 0.1) is 0 Å². The molecule has 0 unspecified atom stereocenters. The monoisotopic (exact) mass is 170 g/mol. The lowest BCUT2D eigenvalue weighted by Gasteiger charge is -1.98. The number of amides is 2. The molecule has 0 atom stereocenters. The maximum Gasteiger partial charge on any atom is 0.340 e. The zero-order chi connectivity index (χ0) is 9.40. The number of aliphatic imine (C=N–C) groups is 1. The highest BCUT2D eigenvalue weighted by Crippen LogP contribution is 1.87. The lowest BCUT2D eigenvalue weighted by molar-refractivity contribution is 0.249. The van der Waals surface area contributed by atoms with Crippen LogP contribution in [0.1, 0.15) is 33.6 Å². The fraction of sp³-hybridized carbons (Fsp3) is 0.778. The summed E-state index contributed by atoms with van der Waals surface area (Å²) in [4.78, 5) is 14.6. The van der Waals surface area contributed by atoms with Crippen LogP contribution < -0.4 is 5.32 Å². The van der Waals surface area contributed by atoms with Crippen molar-refractivity contribution in [1.82, 2.24) is 5.32 Å². The van der Waals surface area contributed by atoms with E-state index in [0.717, 1.165) is 19.4 Å². The molecule has 0 saturated carbocycles. The molecule has 0 aromatic rings. The maximum absolute atomic E-state index is 10.9. The molecule has 0 aromatic heterocycles. The molecule has 0 aliphatic heterocycles. The molecule has 70 valence electrons. The minimum absolute atomic E-state index is 0.225. The van der Waals surface area contributed by atoms with E-state index in [0.29, 0.717) is 5.92 Å². The van der Waals surface area contributed by atoms with Crippen molar-refractivity contribution in [3.8, 4) is 0 Å². The Labute approximate surface area is 74.3 Å². The van der Waals surface area contributed by atoms with Gasteiger partial charge in [0.15, 0.2) is 0 Å². The second-order valence-corrected chi connectivity index (χ2v) is 3.11. The quantitative estimate of drug-likeness (QED) is 0.510. The molecule has 3 heteroatoms. The number of hydrogen-bond acceptors (Lipinski definition) is 1. The highest BCUT2D eigenvalue weighted by Gasteiger charge is 1.94. The molecule has 0 aromatic carbocycles. The molecule has 0 fully saturated rings. The number of carbonyl (C=O) groups is 1. The van der Waals surface area contributed by atoms with Gasteiger partial charge in [0, 0.05) is 12.8 Å². The van der Waals surface area contributed by atoms with Gasteiger partial charge >= 0.3 is 6.03 Å². The summed E-state index contributed by atoms with van der Waals surface area (Å²) in [7, 11) is 0. The number of rotatable bonds is 4. The Kier molecular flexibility index (Phi) is 6.34. The Morgan fingerprint density at radius 1 is 1.58 bits per heavy atom. The van der Waals surface area contributed by atoms with Crippen LogP contribution in [-0.2, 0) is 0 Å². The molecule has 3 nitrogen and oxygen atoms in total. The fourth-order valence-corrected chi connectivity index (χ4v) is 0.635. The predicted octanol–water partition coefficient (Wildman–Crippen LogP) is 2.22. The third kappa shape index (κ3) is 7.25. The summed E-state index contributed by atoms with van der Waals surface area (Å²) in [5.74, 6) is 0.335. The second kappa shape index (κ2) is 6.83. The lowest BCUT2D eigenvalue weighted by Crippen LogP contribution is -2.21. The van der Waals surface area contributed by atoms with E-state index in [1.165, 1.54) is 0 Å². The van der Waals surface area contributed by atoms with E-state index in [-0.39, 0.29) is 6.03 Å². The summed E-state index contributed by atoms with van der Waals surface area (Å²) in [6.45, 7) is 6.79. The van der Waals surface area contributed by atoms with Gasteiger partial charge < -0.3 is 5.32 Å². The first-order valence-electron chi connectivity index (χ1n) is 4.48. The largest absolute Gasteiger partial charge is 0.340 e. The van der Waals surface area contributed by atoms with E-state index in [2.05, 4.69) is 17.2 Å². The maximum atomic E-state index is 10.9. The van der Waals surface area contributed by atoms with Gasteiger partial charge in [-0.1, -0.05) is 27.2 Å². The topological polar surface area (TPSA) is 41.5 Å². The minimum atomic E-state index is -0.225. The third-order valence-electron chi connectivity index (χ3n) is 1.30. The van der Waals surface area contributed by atoms with E-state index < -0.39 is 0 Å². The van der Waals surface area contributed by atoms with Crippen LogP contribution in [0.4, 0.5) is 4.79 Å². The Morgan fingerprint density at radius 2 is 2.25 bits per heavy atom. The van der Waals surface area contributed by atoms with Gasteiger partial charge in [-0.2, -0.15) is 0 Å². The minimum Gasteiger partial charge on any atom is -0.336 e. The highest BCUT2D eigenvalue weighted by atomic mass is 16.2. The van der Waals surface area contributed by atoms with Crippen molar-refractivity contribution >= 4 is 12.2 Å². The van der Waals surface area contributed by atoms with E-state index in [4.69, 9.17) is 0 Å². The molecule has 0 aliphatic carbocycles. The smallest absolute Gasteiger partial charge is 0.336 e. The average Bonchev–Trinajstić information content (AvgIpc) is 2.01. The van der Waals surface area contributed by atoms with Crippen LogP contribution >= 0.6 is 0 Å². The average molecular weight is 170 g/mol. The van der Waals surface area contributed by atoms with E-state index in [1.54, 1.807) is 6.21 Å². The zero-order valence-electron chi connectivity index (χ0n) is 8.13. The molecule has 0 aliphatic rings. The molecule has 12 heavy (non-hydrogen) atoms. The number of nitrogens with zero attached hydrogens (tertiary/aromatic N) is 1. The number of unbranched alkanes of at least 4 members (excludes halogenated alkanes) is 1. The van der Waals surface area contributed by atoms with E-state index >= 15 is 0 Å². The van der Waals surface area contributed by atoms with Gasteiger partial charge in [0.1, 0.15) is 0 Å². The normalized spacial score (nSPS) is 11.0. The van der Waals surface area contributed by atoms with Gasteiger partial charge in [-0.3, -0.25) is 0 Å². The molecule has 2 amide bonds. The molecule has 0 heterocycles. The summed E-state index contributed by atoms with van der Waals surface area (Å²) in [6.07, 6.45) is 3.76. The van der Waals surface area contributed by atoms with E-state index in [9.17, 15) is 4.79 Å². The van der Waals surface area contributed by atoms with Gasteiger partial charge in [-0.05, 0) is 12.3 Å². The van der Waals surface area contributed by atoms with Crippen molar-refractivity contribution in [2.75, 3.05) is 6.54 Å². The van der Waals surface area contributed by atoms with Gasteiger partial charge in [0.2, 0.25) is 0 Å². The van der Waals surface area contributed by atoms with Crippen molar-refractivity contribution in [2.45, 2.75) is 33.6 Å². The number of carbonyl (C=O) groups excluding carboxylic acids is 1. The predicted molar refractivity (Wildman–Crippen MR) is 51.6 cm³/mol. The molecule has 1 N–H and O–H groups in total. The van der Waals surface area contributed by atoms with Gasteiger partial charge in [-0.15, -0.1) is 0 Å². The van der Waals surface area contributed by atoms with Crippen LogP contribution in [0.3, 0.4) is 0 Å². The lowest BCUT2D eigenvalue weighted by atomic mass is 10.2. The first-order chi connectivity index (χ1) is 5.66. The molecule has 0 radical (unpaired) electrons. The standard InChI is InChI=1S/C9H18N2O/c1-4-5-6-10-9(12)11-7-8(2)3/h7-8H,4-6H2,1-3H3,(H,10,12). The third-order valence-corrected chi connectivity index (χ3v) is 1.30. The Balaban J connectivity index is 3.46. The molecule has 0 rings (SSSR count). The summed E-state index contributed by atoms with van der Waals surface area (Å²) < 4.78 is 0. The Bertz CT molecular complexity index is 153. The zero-order valence-corrected chi connectivity index (χ0v) is 8.13. The van der Waals surface area contributed by atoms with Crippen LogP contribution in [0.25, 0.3) is 0 Å². The van der Waals surface area contributed by atoms with Gasteiger partial charge in [-0.25, -0.2) is 9.79 Å². The number of urea groups is 1. The molecule has 0 saturated heterocycles. The SMILES string of the molecule is CCCCNC(=O)N=CC(C)C. The summed E-state index contributed by atoms with van der Waals surface area (Å²) >= 11 is 0. The van der Waals surface area contributed by atoms with Crippen molar-refractivity contribution < 1.29 is 4.79 Å². The number of nitrogens with one attached hydrogen (secondary N) is 1. The fourth-order valence-electron chi connectivity index (χ4n) is 0.635. The molecule has 0 spiro atoms. The summed E-state index contributed by atoms with van der Waals surface area (Å²) in [5, 5.41) is 2.70. The molecular weight excluding hydrogens is 152 g/mol. The highest BCUT2D eigenvalue weighted by molar-refractivity contribution is 5.83. The summed E-state index contributed by atoms with van der Waals surface area (Å²) in [6, 6.07) is -0.225. The first-order valence-corrected chi connectivity index (χ1v) is 4.48. The van der Waals surface area contributed by atoms with Crippen LogP contribution in [0.15, 0.2) is 4.99 Å². The van der Waals surface area contributed by atoms with Crippen LogP contribution in [0.5, 0.6) is 0 Å². The second-order valence-electron chi connectivity index (χ2n) is 3.11. The Hall–Kier alpha value is -0.860. The van der Waals surface area contributed by atoms with Crippen molar-refractivity contribution in [3.63, 3.8) is 0 Å². The summed E-state index contributed by atoms with van der Waals surface area (Å²) in [5.41, 5.74) is 0. The van der Waals surface area contributed by atoms with Crippen LogP contribution in [0.2, 0.25) is 0 Å². The van der Waals surface area contributed by atoms with Crippen LogP contribution in [0, 0.1) is 5.92 Å². The first kappa shape index (κ1) is 11.1. The van der Waals surface area contributed by atoms with Crippen molar-refractivity contribution in [1.29, 1.82) is 0 Å². The Morgan fingerprint density at radius 3 is 2.75 bits per heavy atom. The molecular formula is C9H18N2O. The van der Waals surface area contributed by atoms with Crippen LogP contribution in [-0.4, -0.2) is 18.8 Å².